The second-order valence-electron chi connectivity index (χ2n) is 5.84. The second kappa shape index (κ2) is 6.10. The average molecular weight is 271 g/mol. The van der Waals surface area contributed by atoms with Crippen LogP contribution in [0.1, 0.15) is 33.6 Å². The molecule has 0 saturated carbocycles. The first-order valence-electron chi connectivity index (χ1n) is 6.49. The third kappa shape index (κ3) is 5.34. The summed E-state index contributed by atoms with van der Waals surface area (Å²) in [5.41, 5.74) is 5.40. The van der Waals surface area contributed by atoms with Crippen molar-refractivity contribution in [1.82, 2.24) is 10.0 Å². The second-order valence-corrected chi connectivity index (χ2v) is 5.84. The Balaban J connectivity index is 2.47. The molecule has 0 atom stereocenters. The van der Waals surface area contributed by atoms with Crippen molar-refractivity contribution in [2.75, 3.05) is 20.1 Å². The van der Waals surface area contributed by atoms with Gasteiger partial charge in [0.05, 0.1) is 0 Å². The Kier molecular flexibility index (Phi) is 4.99. The number of hydrogen-bond donors (Lipinski definition) is 2. The zero-order valence-corrected chi connectivity index (χ0v) is 12.2. The van der Waals surface area contributed by atoms with E-state index in [1.165, 1.54) is 5.12 Å². The van der Waals surface area contributed by atoms with Crippen molar-refractivity contribution >= 4 is 11.9 Å². The maximum absolute atomic E-state index is 11.9. The first-order chi connectivity index (χ1) is 8.69. The molecule has 1 rings (SSSR count). The fourth-order valence-electron chi connectivity index (χ4n) is 1.95. The van der Waals surface area contributed by atoms with Crippen LogP contribution in [-0.2, 0) is 4.74 Å². The number of amidine groups is 1. The third-order valence-corrected chi connectivity index (χ3v) is 2.84. The van der Waals surface area contributed by atoms with Gasteiger partial charge in [-0.1, -0.05) is 0 Å². The summed E-state index contributed by atoms with van der Waals surface area (Å²) in [4.78, 5) is 13.6. The molecule has 7 heteroatoms. The molecule has 0 spiro atoms. The molecule has 4 N–H and O–H groups in total. The lowest BCUT2D eigenvalue weighted by molar-refractivity contribution is 0.0201. The van der Waals surface area contributed by atoms with Gasteiger partial charge in [-0.05, 0) is 33.6 Å². The minimum Gasteiger partial charge on any atom is -0.444 e. The van der Waals surface area contributed by atoms with Crippen LogP contribution in [0.2, 0.25) is 0 Å². The van der Waals surface area contributed by atoms with Crippen LogP contribution in [-0.4, -0.2) is 47.7 Å². The van der Waals surface area contributed by atoms with Crippen molar-refractivity contribution in [3.63, 3.8) is 0 Å². The molecule has 1 fully saturated rings. The molecule has 0 radical (unpaired) electrons. The zero-order valence-electron chi connectivity index (χ0n) is 12.2. The van der Waals surface area contributed by atoms with Crippen LogP contribution in [0.15, 0.2) is 5.10 Å². The van der Waals surface area contributed by atoms with Crippen molar-refractivity contribution < 1.29 is 9.53 Å². The Bertz CT molecular complexity index is 341. The SMILES string of the molecule is CN(N)/N=C(\N)C1CCN(C(=O)OC(C)(C)C)CC1. The summed E-state index contributed by atoms with van der Waals surface area (Å²) < 4.78 is 5.33. The molecule has 7 nitrogen and oxygen atoms in total. The molecule has 1 amide bonds. The van der Waals surface area contributed by atoms with Crippen LogP contribution >= 0.6 is 0 Å². The summed E-state index contributed by atoms with van der Waals surface area (Å²) in [7, 11) is 1.63. The third-order valence-electron chi connectivity index (χ3n) is 2.84. The molecule has 110 valence electrons. The van der Waals surface area contributed by atoms with Crippen molar-refractivity contribution in [1.29, 1.82) is 0 Å². The molecule has 0 unspecified atom stereocenters. The van der Waals surface area contributed by atoms with E-state index < -0.39 is 5.60 Å². The van der Waals surface area contributed by atoms with Gasteiger partial charge in [-0.15, -0.1) is 5.10 Å². The van der Waals surface area contributed by atoms with E-state index >= 15 is 0 Å². The highest BCUT2D eigenvalue weighted by Gasteiger charge is 2.28. The Hall–Kier alpha value is -1.50. The first-order valence-corrected chi connectivity index (χ1v) is 6.49. The molecular weight excluding hydrogens is 246 g/mol. The Morgan fingerprint density at radius 3 is 2.32 bits per heavy atom. The number of hydrazone groups is 1. The number of hydrazine groups is 1. The van der Waals surface area contributed by atoms with E-state index in [-0.39, 0.29) is 12.0 Å². The van der Waals surface area contributed by atoms with Gasteiger partial charge >= 0.3 is 6.09 Å². The average Bonchev–Trinajstić information content (AvgIpc) is 2.26. The van der Waals surface area contributed by atoms with Gasteiger partial charge in [0, 0.05) is 26.1 Å². The number of carbonyl (C=O) groups is 1. The van der Waals surface area contributed by atoms with Crippen LogP contribution in [0.4, 0.5) is 4.79 Å². The standard InChI is InChI=1S/C12H25N5O2/c1-12(2,3)19-11(18)17-7-5-9(6-8-17)10(13)15-16(4)14/h9H,5-8,14H2,1-4H3,(H2,13,15). The van der Waals surface area contributed by atoms with E-state index in [2.05, 4.69) is 5.10 Å². The maximum atomic E-state index is 11.9. The van der Waals surface area contributed by atoms with E-state index in [4.69, 9.17) is 16.3 Å². The largest absolute Gasteiger partial charge is 0.444 e. The topological polar surface area (TPSA) is 97.2 Å². The number of nitrogens with zero attached hydrogens (tertiary/aromatic N) is 3. The van der Waals surface area contributed by atoms with Crippen molar-refractivity contribution in [2.45, 2.75) is 39.2 Å². The quantitative estimate of drug-likeness (QED) is 0.334. The normalized spacial score (nSPS) is 18.4. The van der Waals surface area contributed by atoms with Gasteiger partial charge in [0.15, 0.2) is 0 Å². The number of ether oxygens (including phenoxy) is 1. The molecule has 0 bridgehead atoms. The lowest BCUT2D eigenvalue weighted by atomic mass is 9.96. The highest BCUT2D eigenvalue weighted by atomic mass is 16.6. The molecule has 1 heterocycles. The Morgan fingerprint density at radius 2 is 1.89 bits per heavy atom. The van der Waals surface area contributed by atoms with Crippen molar-refractivity contribution in [2.24, 2.45) is 22.6 Å². The Labute approximate surface area is 114 Å². The number of carbonyl (C=O) groups excluding carboxylic acids is 1. The first kappa shape index (κ1) is 15.6. The van der Waals surface area contributed by atoms with E-state index in [0.717, 1.165) is 12.8 Å². The molecule has 0 aliphatic carbocycles. The fourth-order valence-corrected chi connectivity index (χ4v) is 1.95. The number of piperidine rings is 1. The van der Waals surface area contributed by atoms with Crippen molar-refractivity contribution in [3.8, 4) is 0 Å². The van der Waals surface area contributed by atoms with Crippen molar-refractivity contribution in [3.05, 3.63) is 0 Å². The number of hydrogen-bond acceptors (Lipinski definition) is 5. The molecule has 19 heavy (non-hydrogen) atoms. The monoisotopic (exact) mass is 271 g/mol. The molecule has 0 aromatic carbocycles. The Morgan fingerprint density at radius 1 is 1.37 bits per heavy atom. The highest BCUT2D eigenvalue weighted by Crippen LogP contribution is 2.19. The van der Waals surface area contributed by atoms with E-state index in [0.29, 0.717) is 18.9 Å². The van der Waals surface area contributed by atoms with E-state index in [1.54, 1.807) is 11.9 Å². The predicted molar refractivity (Wildman–Crippen MR) is 74.1 cm³/mol. The van der Waals surface area contributed by atoms with Crippen LogP contribution < -0.4 is 11.6 Å². The van der Waals surface area contributed by atoms with Gasteiger partial charge in [-0.2, -0.15) is 0 Å². The number of nitrogens with two attached hydrogens (primary N) is 2. The summed E-state index contributed by atoms with van der Waals surface area (Å²) in [5, 5.41) is 5.21. The lowest BCUT2D eigenvalue weighted by Gasteiger charge is -2.33. The molecule has 0 aromatic heterocycles. The highest BCUT2D eigenvalue weighted by molar-refractivity contribution is 5.82. The molecule has 1 aliphatic rings. The van der Waals surface area contributed by atoms with Gasteiger partial charge in [0.25, 0.3) is 0 Å². The van der Waals surface area contributed by atoms with Gasteiger partial charge in [0.2, 0.25) is 0 Å². The minimum atomic E-state index is -0.462. The van der Waals surface area contributed by atoms with Crippen LogP contribution in [0, 0.1) is 5.92 Å². The fraction of sp³-hybridized carbons (Fsp3) is 0.833. The van der Waals surface area contributed by atoms with Gasteiger partial charge < -0.3 is 15.4 Å². The summed E-state index contributed by atoms with van der Waals surface area (Å²) in [6.45, 7) is 6.84. The van der Waals surface area contributed by atoms with Gasteiger partial charge in [-0.25, -0.2) is 15.8 Å². The lowest BCUT2D eigenvalue weighted by Crippen LogP contribution is -2.44. The number of amides is 1. The minimum absolute atomic E-state index is 0.171. The predicted octanol–water partition coefficient (Wildman–Crippen LogP) is 0.711. The maximum Gasteiger partial charge on any atom is 0.410 e. The smallest absolute Gasteiger partial charge is 0.410 e. The molecule has 1 aliphatic heterocycles. The van der Waals surface area contributed by atoms with Crippen LogP contribution in [0.25, 0.3) is 0 Å². The van der Waals surface area contributed by atoms with Crippen LogP contribution in [0.3, 0.4) is 0 Å². The molecule has 0 aromatic rings. The molecular formula is C12H25N5O2. The summed E-state index contributed by atoms with van der Waals surface area (Å²) in [5.74, 6) is 6.12. The van der Waals surface area contributed by atoms with Gasteiger partial charge in [0.1, 0.15) is 11.4 Å². The summed E-state index contributed by atoms with van der Waals surface area (Å²) in [6, 6.07) is 0. The summed E-state index contributed by atoms with van der Waals surface area (Å²) >= 11 is 0. The zero-order chi connectivity index (χ0) is 14.6. The number of likely N-dealkylation sites (tertiary alicyclic amines) is 1. The summed E-state index contributed by atoms with van der Waals surface area (Å²) in [6.07, 6.45) is 1.29. The van der Waals surface area contributed by atoms with E-state index in [1.807, 2.05) is 20.8 Å². The molecule has 1 saturated heterocycles. The van der Waals surface area contributed by atoms with Gasteiger partial charge in [-0.3, -0.25) is 0 Å². The van der Waals surface area contributed by atoms with E-state index in [9.17, 15) is 4.79 Å². The number of rotatable bonds is 2. The van der Waals surface area contributed by atoms with Crippen LogP contribution in [0.5, 0.6) is 0 Å².